The molecule has 0 saturated heterocycles. The molecule has 0 atom stereocenters. The number of hydrogen-bond donors (Lipinski definition) is 0. The molecule has 0 fully saturated rings. The number of imidazole rings is 1. The highest BCUT2D eigenvalue weighted by Gasteiger charge is 2.09. The van der Waals surface area contributed by atoms with Crippen molar-refractivity contribution in [3.8, 4) is 11.3 Å². The van der Waals surface area contributed by atoms with Gasteiger partial charge in [-0.2, -0.15) is 0 Å². The molecule has 3 aromatic rings. The topological polar surface area (TPSA) is 17.3 Å². The van der Waals surface area contributed by atoms with Crippen LogP contribution in [0, 0.1) is 13.8 Å². The number of aromatic nitrogens is 2. The van der Waals surface area contributed by atoms with E-state index < -0.39 is 0 Å². The molecule has 0 N–H and O–H groups in total. The van der Waals surface area contributed by atoms with Crippen molar-refractivity contribution < 1.29 is 0 Å². The number of aryl methyl sites for hydroxylation is 2. The molecule has 2 aromatic heterocycles. The zero-order valence-corrected chi connectivity index (χ0v) is 10.1. The largest absolute Gasteiger partial charge is 0.294 e. The van der Waals surface area contributed by atoms with Crippen LogP contribution in [0.4, 0.5) is 0 Å². The monoisotopic (exact) mass is 228 g/mol. The van der Waals surface area contributed by atoms with Crippen molar-refractivity contribution in [2.24, 2.45) is 0 Å². The smallest absolute Gasteiger partial charge is 0.194 e. The molecule has 0 unspecified atom stereocenters. The first kappa shape index (κ1) is 9.60. The molecule has 3 rings (SSSR count). The fourth-order valence-corrected chi connectivity index (χ4v) is 2.76. The van der Waals surface area contributed by atoms with E-state index in [0.29, 0.717) is 0 Å². The second kappa shape index (κ2) is 3.46. The number of nitrogens with zero attached hydrogens (tertiary/aromatic N) is 2. The summed E-state index contributed by atoms with van der Waals surface area (Å²) in [5.41, 5.74) is 3.51. The molecule has 0 aliphatic rings. The zero-order chi connectivity index (χ0) is 11.1. The first-order valence-electron chi connectivity index (χ1n) is 5.26. The second-order valence-corrected chi connectivity index (χ2v) is 5.07. The summed E-state index contributed by atoms with van der Waals surface area (Å²) in [5, 5.41) is 0. The fourth-order valence-electron chi connectivity index (χ4n) is 1.80. The molecule has 2 nitrogen and oxygen atoms in total. The molecule has 0 radical (unpaired) electrons. The van der Waals surface area contributed by atoms with Gasteiger partial charge in [0.25, 0.3) is 0 Å². The van der Waals surface area contributed by atoms with Crippen molar-refractivity contribution in [3.05, 3.63) is 47.1 Å². The van der Waals surface area contributed by atoms with E-state index in [1.807, 2.05) is 18.2 Å². The number of benzene rings is 1. The van der Waals surface area contributed by atoms with Crippen molar-refractivity contribution in [2.45, 2.75) is 13.8 Å². The Bertz CT molecular complexity index is 635. The lowest BCUT2D eigenvalue weighted by Crippen LogP contribution is -1.81. The van der Waals surface area contributed by atoms with Crippen LogP contribution in [-0.4, -0.2) is 9.38 Å². The highest BCUT2D eigenvalue weighted by molar-refractivity contribution is 7.17. The SMILES string of the molecule is Cc1sc2nc(-c3ccccc3)cn2c1C. The third-order valence-corrected chi connectivity index (χ3v) is 3.93. The van der Waals surface area contributed by atoms with Crippen LogP contribution in [0.3, 0.4) is 0 Å². The molecule has 0 saturated carbocycles. The van der Waals surface area contributed by atoms with Crippen LogP contribution in [0.15, 0.2) is 36.5 Å². The minimum atomic E-state index is 1.05. The van der Waals surface area contributed by atoms with E-state index in [-0.39, 0.29) is 0 Å². The van der Waals surface area contributed by atoms with Crippen molar-refractivity contribution in [1.82, 2.24) is 9.38 Å². The summed E-state index contributed by atoms with van der Waals surface area (Å²) < 4.78 is 2.17. The number of rotatable bonds is 1. The Hall–Kier alpha value is -1.61. The summed E-state index contributed by atoms with van der Waals surface area (Å²) in [6, 6.07) is 10.3. The minimum Gasteiger partial charge on any atom is -0.294 e. The van der Waals surface area contributed by atoms with Gasteiger partial charge in [-0.3, -0.25) is 4.40 Å². The highest BCUT2D eigenvalue weighted by atomic mass is 32.1. The molecule has 0 spiro atoms. The summed E-state index contributed by atoms with van der Waals surface area (Å²) >= 11 is 1.75. The van der Waals surface area contributed by atoms with Gasteiger partial charge in [0.15, 0.2) is 4.96 Å². The van der Waals surface area contributed by atoms with Crippen LogP contribution in [0.1, 0.15) is 10.6 Å². The first-order valence-corrected chi connectivity index (χ1v) is 6.08. The van der Waals surface area contributed by atoms with Crippen molar-refractivity contribution in [1.29, 1.82) is 0 Å². The maximum atomic E-state index is 4.65. The van der Waals surface area contributed by atoms with Crippen LogP contribution >= 0.6 is 11.3 Å². The quantitative estimate of drug-likeness (QED) is 0.621. The minimum absolute atomic E-state index is 1.05. The van der Waals surface area contributed by atoms with Crippen molar-refractivity contribution in [3.63, 3.8) is 0 Å². The number of fused-ring (bicyclic) bond motifs is 1. The van der Waals surface area contributed by atoms with Crippen LogP contribution in [0.2, 0.25) is 0 Å². The van der Waals surface area contributed by atoms with Crippen molar-refractivity contribution in [2.75, 3.05) is 0 Å². The van der Waals surface area contributed by atoms with Gasteiger partial charge >= 0.3 is 0 Å². The van der Waals surface area contributed by atoms with Gasteiger partial charge < -0.3 is 0 Å². The Morgan fingerprint density at radius 2 is 1.88 bits per heavy atom. The lowest BCUT2D eigenvalue weighted by molar-refractivity contribution is 1.11. The molecular formula is C13H12N2S. The molecule has 0 bridgehead atoms. The second-order valence-electron chi connectivity index (χ2n) is 3.89. The predicted molar refractivity (Wildman–Crippen MR) is 68.0 cm³/mol. The fraction of sp³-hybridized carbons (Fsp3) is 0.154. The van der Waals surface area contributed by atoms with Gasteiger partial charge in [-0.1, -0.05) is 30.3 Å². The Balaban J connectivity index is 2.20. The van der Waals surface area contributed by atoms with Crippen LogP contribution in [0.5, 0.6) is 0 Å². The maximum absolute atomic E-state index is 4.65. The third-order valence-electron chi connectivity index (χ3n) is 2.86. The van der Waals surface area contributed by atoms with Gasteiger partial charge in [-0.25, -0.2) is 4.98 Å². The summed E-state index contributed by atoms with van der Waals surface area (Å²) in [6.45, 7) is 4.27. The normalized spacial score (nSPS) is 11.1. The molecule has 1 aromatic carbocycles. The van der Waals surface area contributed by atoms with Crippen LogP contribution in [-0.2, 0) is 0 Å². The Morgan fingerprint density at radius 1 is 1.12 bits per heavy atom. The van der Waals surface area contributed by atoms with Crippen LogP contribution < -0.4 is 0 Å². The van der Waals surface area contributed by atoms with E-state index in [1.54, 1.807) is 11.3 Å². The molecule has 2 heterocycles. The Morgan fingerprint density at radius 3 is 2.56 bits per heavy atom. The van der Waals surface area contributed by atoms with Gasteiger partial charge in [-0.15, -0.1) is 11.3 Å². The van der Waals surface area contributed by atoms with Gasteiger partial charge in [0.2, 0.25) is 0 Å². The molecule has 0 aliphatic carbocycles. The number of thiazole rings is 1. The lowest BCUT2D eigenvalue weighted by Gasteiger charge is -1.94. The molecule has 80 valence electrons. The Kier molecular flexibility index (Phi) is 2.07. The third kappa shape index (κ3) is 1.36. The van der Waals surface area contributed by atoms with Gasteiger partial charge in [-0.05, 0) is 13.8 Å². The van der Waals surface area contributed by atoms with Gasteiger partial charge in [0.1, 0.15) is 0 Å². The van der Waals surface area contributed by atoms with E-state index in [2.05, 4.69) is 41.6 Å². The number of hydrogen-bond acceptors (Lipinski definition) is 2. The van der Waals surface area contributed by atoms with E-state index in [9.17, 15) is 0 Å². The van der Waals surface area contributed by atoms with Gasteiger partial charge in [0, 0.05) is 22.3 Å². The Labute approximate surface area is 98.2 Å². The maximum Gasteiger partial charge on any atom is 0.194 e. The molecule has 0 aliphatic heterocycles. The summed E-state index contributed by atoms with van der Waals surface area (Å²) in [7, 11) is 0. The molecule has 16 heavy (non-hydrogen) atoms. The van der Waals surface area contributed by atoms with Gasteiger partial charge in [0.05, 0.1) is 5.69 Å². The first-order chi connectivity index (χ1) is 7.75. The average Bonchev–Trinajstić information content (AvgIpc) is 2.82. The molecule has 3 heteroatoms. The zero-order valence-electron chi connectivity index (χ0n) is 9.27. The van der Waals surface area contributed by atoms with E-state index in [1.165, 1.54) is 16.1 Å². The average molecular weight is 228 g/mol. The highest BCUT2D eigenvalue weighted by Crippen LogP contribution is 2.26. The summed E-state index contributed by atoms with van der Waals surface area (Å²) in [5.74, 6) is 0. The summed E-state index contributed by atoms with van der Waals surface area (Å²) in [4.78, 5) is 7.06. The van der Waals surface area contributed by atoms with Crippen LogP contribution in [0.25, 0.3) is 16.2 Å². The lowest BCUT2D eigenvalue weighted by atomic mass is 10.2. The standard InChI is InChI=1S/C13H12N2S/c1-9-10(2)16-13-14-12(8-15(9)13)11-6-4-3-5-7-11/h3-8H,1-2H3. The van der Waals surface area contributed by atoms with E-state index in [4.69, 9.17) is 0 Å². The predicted octanol–water partition coefficient (Wildman–Crippen LogP) is 3.68. The molecular weight excluding hydrogens is 216 g/mol. The molecule has 0 amide bonds. The van der Waals surface area contributed by atoms with Crippen molar-refractivity contribution >= 4 is 16.3 Å². The van der Waals surface area contributed by atoms with E-state index in [0.717, 1.165) is 10.7 Å². The summed E-state index contributed by atoms with van der Waals surface area (Å²) in [6.07, 6.45) is 2.11. The van der Waals surface area contributed by atoms with E-state index >= 15 is 0 Å².